The average molecular weight is 210 g/mol. The van der Waals surface area contributed by atoms with Crippen molar-refractivity contribution in [2.75, 3.05) is 6.61 Å². The van der Waals surface area contributed by atoms with Crippen LogP contribution in [0.3, 0.4) is 0 Å². The first-order chi connectivity index (χ1) is 6.83. The van der Waals surface area contributed by atoms with Crippen molar-refractivity contribution in [3.63, 3.8) is 0 Å². The third-order valence-electron chi connectivity index (χ3n) is 1.88. The minimum absolute atomic E-state index is 0.0373. The number of thiophene rings is 1. The Balaban J connectivity index is 2.46. The molecule has 0 N–H and O–H groups in total. The molecule has 0 aliphatic rings. The van der Waals surface area contributed by atoms with Gasteiger partial charge in [0.05, 0.1) is 5.39 Å². The van der Waals surface area contributed by atoms with Crippen molar-refractivity contribution in [1.29, 1.82) is 0 Å². The summed E-state index contributed by atoms with van der Waals surface area (Å²) in [5.41, 5.74) is -0.0373. The smallest absolute Gasteiger partial charge is 0.263 e. The summed E-state index contributed by atoms with van der Waals surface area (Å²) in [6.45, 7) is 2.75. The van der Waals surface area contributed by atoms with Gasteiger partial charge in [-0.1, -0.05) is 0 Å². The first kappa shape index (κ1) is 9.36. The molecule has 74 valence electrons. The van der Waals surface area contributed by atoms with Crippen LogP contribution in [0, 0.1) is 0 Å². The maximum Gasteiger partial charge on any atom is 0.263 e. The van der Waals surface area contributed by atoms with Gasteiger partial charge in [0.1, 0.15) is 17.9 Å². The second-order valence-corrected chi connectivity index (χ2v) is 3.68. The van der Waals surface area contributed by atoms with Gasteiger partial charge in [0.15, 0.2) is 0 Å². The van der Waals surface area contributed by atoms with Gasteiger partial charge in [-0.05, 0) is 18.4 Å². The predicted octanol–water partition coefficient (Wildman–Crippen LogP) is 1.45. The molecule has 2 rings (SSSR count). The molecule has 0 spiro atoms. The van der Waals surface area contributed by atoms with Gasteiger partial charge in [0.2, 0.25) is 0 Å². The third-order valence-corrected chi connectivity index (χ3v) is 2.71. The Morgan fingerprint density at radius 2 is 2.50 bits per heavy atom. The van der Waals surface area contributed by atoms with Gasteiger partial charge in [-0.25, -0.2) is 4.98 Å². The van der Waals surface area contributed by atoms with Gasteiger partial charge < -0.3 is 4.74 Å². The van der Waals surface area contributed by atoms with Crippen molar-refractivity contribution < 1.29 is 4.74 Å². The molecule has 0 radical (unpaired) electrons. The molecule has 0 aliphatic carbocycles. The lowest BCUT2D eigenvalue weighted by Crippen LogP contribution is -2.21. The molecule has 4 nitrogen and oxygen atoms in total. The van der Waals surface area contributed by atoms with Crippen molar-refractivity contribution in [2.45, 2.75) is 13.7 Å². The molecule has 0 amide bonds. The molecule has 2 aromatic heterocycles. The second kappa shape index (κ2) is 3.89. The van der Waals surface area contributed by atoms with Crippen LogP contribution in [0.5, 0.6) is 0 Å². The summed E-state index contributed by atoms with van der Waals surface area (Å²) in [5.74, 6) is 0. The summed E-state index contributed by atoms with van der Waals surface area (Å²) in [5, 5.41) is 2.53. The third kappa shape index (κ3) is 1.56. The van der Waals surface area contributed by atoms with Crippen LogP contribution < -0.4 is 5.56 Å². The number of rotatable bonds is 3. The van der Waals surface area contributed by atoms with Crippen molar-refractivity contribution in [2.24, 2.45) is 0 Å². The molecular weight excluding hydrogens is 200 g/mol. The van der Waals surface area contributed by atoms with E-state index >= 15 is 0 Å². The van der Waals surface area contributed by atoms with Crippen LogP contribution in [0.4, 0.5) is 0 Å². The van der Waals surface area contributed by atoms with E-state index in [1.165, 1.54) is 22.2 Å². The molecule has 0 unspecified atom stereocenters. The van der Waals surface area contributed by atoms with Crippen LogP contribution in [-0.2, 0) is 11.5 Å². The zero-order valence-corrected chi connectivity index (χ0v) is 8.58. The highest BCUT2D eigenvalue weighted by atomic mass is 32.1. The molecule has 5 heteroatoms. The minimum atomic E-state index is -0.0373. The fourth-order valence-corrected chi connectivity index (χ4v) is 1.90. The average Bonchev–Trinajstić information content (AvgIpc) is 2.66. The molecule has 0 aromatic carbocycles. The molecule has 2 heterocycles. The molecule has 14 heavy (non-hydrogen) atoms. The van der Waals surface area contributed by atoms with Gasteiger partial charge in [-0.3, -0.25) is 9.36 Å². The van der Waals surface area contributed by atoms with Crippen LogP contribution >= 0.6 is 11.3 Å². The lowest BCUT2D eigenvalue weighted by Gasteiger charge is -2.03. The number of fused-ring (bicyclic) bond motifs is 1. The largest absolute Gasteiger partial charge is 0.361 e. The Hall–Kier alpha value is -1.20. The van der Waals surface area contributed by atoms with Gasteiger partial charge in [-0.15, -0.1) is 11.3 Å². The zero-order chi connectivity index (χ0) is 9.97. The highest BCUT2D eigenvalue weighted by Crippen LogP contribution is 2.12. The molecule has 0 fully saturated rings. The summed E-state index contributed by atoms with van der Waals surface area (Å²) in [6.07, 6.45) is 1.52. The normalized spacial score (nSPS) is 10.9. The highest BCUT2D eigenvalue weighted by molar-refractivity contribution is 7.16. The van der Waals surface area contributed by atoms with E-state index in [0.29, 0.717) is 12.0 Å². The van der Waals surface area contributed by atoms with E-state index < -0.39 is 0 Å². The molecule has 2 aromatic rings. The second-order valence-electron chi connectivity index (χ2n) is 2.78. The van der Waals surface area contributed by atoms with E-state index in [1.807, 2.05) is 12.3 Å². The van der Waals surface area contributed by atoms with Crippen LogP contribution in [0.1, 0.15) is 6.92 Å². The zero-order valence-electron chi connectivity index (χ0n) is 7.77. The van der Waals surface area contributed by atoms with Gasteiger partial charge >= 0.3 is 0 Å². The highest BCUT2D eigenvalue weighted by Gasteiger charge is 2.03. The Morgan fingerprint density at radius 3 is 3.29 bits per heavy atom. The first-order valence-electron chi connectivity index (χ1n) is 4.33. The maximum absolute atomic E-state index is 11.7. The molecule has 0 bridgehead atoms. The van der Waals surface area contributed by atoms with Crippen LogP contribution in [-0.4, -0.2) is 16.2 Å². The molecule has 0 atom stereocenters. The summed E-state index contributed by atoms with van der Waals surface area (Å²) in [6, 6.07) is 1.79. The van der Waals surface area contributed by atoms with E-state index in [9.17, 15) is 4.79 Å². The van der Waals surface area contributed by atoms with Gasteiger partial charge in [-0.2, -0.15) is 0 Å². The number of aromatic nitrogens is 2. The number of hydrogen-bond acceptors (Lipinski definition) is 4. The Bertz CT molecular complexity index is 489. The van der Waals surface area contributed by atoms with E-state index in [1.54, 1.807) is 6.07 Å². The van der Waals surface area contributed by atoms with E-state index in [2.05, 4.69) is 4.98 Å². The van der Waals surface area contributed by atoms with E-state index in [4.69, 9.17) is 4.74 Å². The fourth-order valence-electron chi connectivity index (χ4n) is 1.17. The van der Waals surface area contributed by atoms with Crippen LogP contribution in [0.15, 0.2) is 22.6 Å². The van der Waals surface area contributed by atoms with Gasteiger partial charge in [0, 0.05) is 6.61 Å². The van der Waals surface area contributed by atoms with Crippen LogP contribution in [0.2, 0.25) is 0 Å². The summed E-state index contributed by atoms with van der Waals surface area (Å²) < 4.78 is 6.62. The standard InChI is InChI=1S/C9H10N2O2S/c1-2-13-6-11-5-10-8-7(9(11)12)3-4-14-8/h3-5H,2,6H2,1H3. The Kier molecular flexibility index (Phi) is 2.60. The summed E-state index contributed by atoms with van der Waals surface area (Å²) in [7, 11) is 0. The topological polar surface area (TPSA) is 44.1 Å². The predicted molar refractivity (Wildman–Crippen MR) is 55.5 cm³/mol. The van der Waals surface area contributed by atoms with E-state index in [-0.39, 0.29) is 12.3 Å². The van der Waals surface area contributed by atoms with Crippen LogP contribution in [0.25, 0.3) is 10.2 Å². The summed E-state index contributed by atoms with van der Waals surface area (Å²) in [4.78, 5) is 16.7. The number of hydrogen-bond donors (Lipinski definition) is 0. The van der Waals surface area contributed by atoms with Crippen molar-refractivity contribution in [1.82, 2.24) is 9.55 Å². The Morgan fingerprint density at radius 1 is 1.64 bits per heavy atom. The summed E-state index contributed by atoms with van der Waals surface area (Å²) >= 11 is 1.47. The first-order valence-corrected chi connectivity index (χ1v) is 5.21. The monoisotopic (exact) mass is 210 g/mol. The van der Waals surface area contributed by atoms with Crippen molar-refractivity contribution >= 4 is 21.6 Å². The SMILES string of the molecule is CCOCn1cnc2sccc2c1=O. The van der Waals surface area contributed by atoms with Gasteiger partial charge in [0.25, 0.3) is 5.56 Å². The molecule has 0 saturated heterocycles. The fraction of sp³-hybridized carbons (Fsp3) is 0.333. The molecule has 0 aliphatic heterocycles. The van der Waals surface area contributed by atoms with Crippen molar-refractivity contribution in [3.05, 3.63) is 28.1 Å². The maximum atomic E-state index is 11.7. The number of ether oxygens (including phenoxy) is 1. The van der Waals surface area contributed by atoms with E-state index in [0.717, 1.165) is 4.83 Å². The lowest BCUT2D eigenvalue weighted by atomic mass is 10.4. The molecular formula is C9H10N2O2S. The molecule has 0 saturated carbocycles. The lowest BCUT2D eigenvalue weighted by molar-refractivity contribution is 0.0850. The van der Waals surface area contributed by atoms with Crippen molar-refractivity contribution in [3.8, 4) is 0 Å². The number of nitrogens with zero attached hydrogens (tertiary/aromatic N) is 2. The minimum Gasteiger partial charge on any atom is -0.361 e. The quantitative estimate of drug-likeness (QED) is 0.770. The Labute approximate surface area is 84.8 Å².